The maximum Gasteiger partial charge on any atom is 0.237 e. The van der Waals surface area contributed by atoms with Gasteiger partial charge in [-0.05, 0) is 18.1 Å². The van der Waals surface area contributed by atoms with E-state index in [1.165, 1.54) is 0 Å². The molecular formula is C20H23N3O2. The average Bonchev–Trinajstić information content (AvgIpc) is 2.66. The minimum Gasteiger partial charge on any atom is -0.354 e. The van der Waals surface area contributed by atoms with Crippen molar-refractivity contribution in [3.8, 4) is 0 Å². The lowest BCUT2D eigenvalue weighted by Crippen LogP contribution is -2.55. The molecule has 0 aliphatic carbocycles. The fraction of sp³-hybridized carbons (Fsp3) is 0.300. The van der Waals surface area contributed by atoms with E-state index in [2.05, 4.69) is 10.6 Å². The highest BCUT2D eigenvalue weighted by Gasteiger charge is 2.28. The monoisotopic (exact) mass is 337 g/mol. The Bertz CT molecular complexity index is 679. The molecule has 5 heteroatoms. The first-order valence-corrected chi connectivity index (χ1v) is 8.56. The van der Waals surface area contributed by atoms with Gasteiger partial charge in [-0.2, -0.15) is 0 Å². The normalized spacial score (nSPS) is 16.3. The molecule has 25 heavy (non-hydrogen) atoms. The van der Waals surface area contributed by atoms with Crippen LogP contribution in [-0.4, -0.2) is 42.4 Å². The van der Waals surface area contributed by atoms with Crippen LogP contribution in [0.25, 0.3) is 0 Å². The number of carbonyl (C=O) groups excluding carboxylic acids is 2. The van der Waals surface area contributed by atoms with Crippen molar-refractivity contribution < 1.29 is 9.59 Å². The van der Waals surface area contributed by atoms with Gasteiger partial charge in [0, 0.05) is 13.1 Å². The Balaban J connectivity index is 1.78. The molecule has 0 radical (unpaired) electrons. The molecule has 1 heterocycles. The summed E-state index contributed by atoms with van der Waals surface area (Å²) in [6, 6.07) is 19.3. The van der Waals surface area contributed by atoms with Crippen LogP contribution in [0.3, 0.4) is 0 Å². The van der Waals surface area contributed by atoms with Crippen molar-refractivity contribution >= 4 is 11.8 Å². The van der Waals surface area contributed by atoms with E-state index in [0.717, 1.165) is 11.1 Å². The van der Waals surface area contributed by atoms with Crippen LogP contribution in [0.4, 0.5) is 0 Å². The SMILES string of the molecule is CC(C(=O)NC(c1ccccc1)c1ccccc1)N1CCNC(=O)C1. The maximum absolute atomic E-state index is 12.8. The van der Waals surface area contributed by atoms with Crippen molar-refractivity contribution in [3.05, 3.63) is 71.8 Å². The van der Waals surface area contributed by atoms with Crippen molar-refractivity contribution in [2.75, 3.05) is 19.6 Å². The summed E-state index contributed by atoms with van der Waals surface area (Å²) in [5, 5.41) is 5.94. The van der Waals surface area contributed by atoms with Crippen LogP contribution in [0, 0.1) is 0 Å². The highest BCUT2D eigenvalue weighted by Crippen LogP contribution is 2.22. The van der Waals surface area contributed by atoms with Crippen LogP contribution in [0.5, 0.6) is 0 Å². The maximum atomic E-state index is 12.8. The Hall–Kier alpha value is -2.66. The second-order valence-electron chi connectivity index (χ2n) is 6.26. The molecule has 130 valence electrons. The van der Waals surface area contributed by atoms with E-state index < -0.39 is 0 Å². The van der Waals surface area contributed by atoms with Crippen LogP contribution in [0.1, 0.15) is 24.1 Å². The number of carbonyl (C=O) groups is 2. The summed E-state index contributed by atoms with van der Waals surface area (Å²) < 4.78 is 0. The molecule has 1 aliphatic heterocycles. The van der Waals surface area contributed by atoms with Crippen molar-refractivity contribution in [2.24, 2.45) is 0 Å². The molecule has 0 saturated carbocycles. The van der Waals surface area contributed by atoms with Crippen molar-refractivity contribution in [3.63, 3.8) is 0 Å². The quantitative estimate of drug-likeness (QED) is 0.873. The van der Waals surface area contributed by atoms with Gasteiger partial charge in [0.15, 0.2) is 0 Å². The molecule has 1 unspecified atom stereocenters. The summed E-state index contributed by atoms with van der Waals surface area (Å²) in [5.41, 5.74) is 2.07. The first-order valence-electron chi connectivity index (χ1n) is 8.56. The van der Waals surface area contributed by atoms with Gasteiger partial charge in [0.2, 0.25) is 11.8 Å². The van der Waals surface area contributed by atoms with E-state index in [9.17, 15) is 9.59 Å². The van der Waals surface area contributed by atoms with Crippen LogP contribution in [-0.2, 0) is 9.59 Å². The third kappa shape index (κ3) is 4.25. The molecule has 2 aromatic carbocycles. The third-order valence-electron chi connectivity index (χ3n) is 4.55. The zero-order valence-electron chi connectivity index (χ0n) is 14.3. The zero-order chi connectivity index (χ0) is 17.6. The van der Waals surface area contributed by atoms with Gasteiger partial charge in [-0.25, -0.2) is 0 Å². The number of piperazine rings is 1. The summed E-state index contributed by atoms with van der Waals surface area (Å²) in [6.45, 7) is 3.37. The number of rotatable bonds is 5. The van der Waals surface area contributed by atoms with Gasteiger partial charge in [0.05, 0.1) is 18.6 Å². The van der Waals surface area contributed by atoms with E-state index >= 15 is 0 Å². The van der Waals surface area contributed by atoms with Gasteiger partial charge in [0.1, 0.15) is 0 Å². The highest BCUT2D eigenvalue weighted by molar-refractivity contribution is 5.84. The minimum atomic E-state index is -0.360. The Morgan fingerprint density at radius 1 is 1.04 bits per heavy atom. The second-order valence-corrected chi connectivity index (χ2v) is 6.26. The van der Waals surface area contributed by atoms with Crippen molar-refractivity contribution in [1.29, 1.82) is 0 Å². The first kappa shape index (κ1) is 17.2. The van der Waals surface area contributed by atoms with Crippen molar-refractivity contribution in [1.82, 2.24) is 15.5 Å². The fourth-order valence-electron chi connectivity index (χ4n) is 3.07. The van der Waals surface area contributed by atoms with E-state index in [4.69, 9.17) is 0 Å². The number of nitrogens with zero attached hydrogens (tertiary/aromatic N) is 1. The summed E-state index contributed by atoms with van der Waals surface area (Å²) in [6.07, 6.45) is 0. The number of amides is 2. The van der Waals surface area contributed by atoms with Crippen molar-refractivity contribution in [2.45, 2.75) is 19.0 Å². The lowest BCUT2D eigenvalue weighted by Gasteiger charge is -2.32. The molecule has 2 amide bonds. The minimum absolute atomic E-state index is 0.0337. The molecule has 0 aromatic heterocycles. The Morgan fingerprint density at radius 3 is 2.12 bits per heavy atom. The molecule has 2 aromatic rings. The molecule has 1 saturated heterocycles. The summed E-state index contributed by atoms with van der Waals surface area (Å²) in [7, 11) is 0. The number of nitrogens with one attached hydrogen (secondary N) is 2. The molecule has 3 rings (SSSR count). The zero-order valence-corrected chi connectivity index (χ0v) is 14.3. The van der Waals surface area contributed by atoms with E-state index in [1.807, 2.05) is 72.5 Å². The molecule has 1 atom stereocenters. The van der Waals surface area contributed by atoms with E-state index in [0.29, 0.717) is 13.1 Å². The lowest BCUT2D eigenvalue weighted by molar-refractivity contribution is -0.130. The molecule has 0 bridgehead atoms. The molecule has 1 aliphatic rings. The number of benzene rings is 2. The highest BCUT2D eigenvalue weighted by atomic mass is 16.2. The fourth-order valence-corrected chi connectivity index (χ4v) is 3.07. The smallest absolute Gasteiger partial charge is 0.237 e. The first-order chi connectivity index (χ1) is 12.1. The number of hydrogen-bond acceptors (Lipinski definition) is 3. The van der Waals surface area contributed by atoms with E-state index in [1.54, 1.807) is 0 Å². The Labute approximate surface area is 148 Å². The molecule has 5 nitrogen and oxygen atoms in total. The van der Waals surface area contributed by atoms with Crippen LogP contribution >= 0.6 is 0 Å². The Morgan fingerprint density at radius 2 is 1.60 bits per heavy atom. The predicted octanol–water partition coefficient (Wildman–Crippen LogP) is 1.71. The largest absolute Gasteiger partial charge is 0.354 e. The molecule has 1 fully saturated rings. The van der Waals surface area contributed by atoms with Crippen LogP contribution < -0.4 is 10.6 Å². The van der Waals surface area contributed by atoms with Gasteiger partial charge in [-0.1, -0.05) is 60.7 Å². The van der Waals surface area contributed by atoms with E-state index in [-0.39, 0.29) is 30.4 Å². The van der Waals surface area contributed by atoms with Gasteiger partial charge in [0.25, 0.3) is 0 Å². The molecular weight excluding hydrogens is 314 g/mol. The summed E-state index contributed by atoms with van der Waals surface area (Å²) in [4.78, 5) is 26.3. The third-order valence-corrected chi connectivity index (χ3v) is 4.55. The molecule has 2 N–H and O–H groups in total. The average molecular weight is 337 g/mol. The van der Waals surface area contributed by atoms with Gasteiger partial charge in [-0.3, -0.25) is 14.5 Å². The lowest BCUT2D eigenvalue weighted by atomic mass is 9.98. The standard InChI is InChI=1S/C20H23N3O2/c1-15(23-13-12-21-18(24)14-23)20(25)22-19(16-8-4-2-5-9-16)17-10-6-3-7-11-17/h2-11,15,19H,12-14H2,1H3,(H,21,24)(H,22,25). The predicted molar refractivity (Wildman–Crippen MR) is 96.9 cm³/mol. The summed E-state index contributed by atoms with van der Waals surface area (Å²) in [5.74, 6) is -0.110. The summed E-state index contributed by atoms with van der Waals surface area (Å²) >= 11 is 0. The van der Waals surface area contributed by atoms with Gasteiger partial charge < -0.3 is 10.6 Å². The molecule has 0 spiro atoms. The number of hydrogen-bond donors (Lipinski definition) is 2. The second kappa shape index (κ2) is 7.94. The van der Waals surface area contributed by atoms with Gasteiger partial charge in [-0.15, -0.1) is 0 Å². The van der Waals surface area contributed by atoms with Crippen LogP contribution in [0.15, 0.2) is 60.7 Å². The van der Waals surface area contributed by atoms with Crippen LogP contribution in [0.2, 0.25) is 0 Å². The topological polar surface area (TPSA) is 61.4 Å². The Kier molecular flexibility index (Phi) is 5.46. The van der Waals surface area contributed by atoms with Gasteiger partial charge >= 0.3 is 0 Å².